The number of nitrogens with zero attached hydrogens (tertiary/aromatic N) is 3. The lowest BCUT2D eigenvalue weighted by Gasteiger charge is -2.40. The van der Waals surface area contributed by atoms with Crippen molar-refractivity contribution < 1.29 is 8.83 Å². The van der Waals surface area contributed by atoms with Crippen molar-refractivity contribution in [1.82, 2.24) is 4.57 Å². The fourth-order valence-electron chi connectivity index (χ4n) is 18.5. The SMILES string of the molecule is Cc1ccccc1N(c1cc2c(c3ccccc13)-c1c(cc(N(c3ccccc3C)c3cccc4c3oc3c(C5CCCCC5)cccc34)c3ccccc13)C21c2ccccc2-n2c3ccccc3c3cccc1c32)c1cccc2c1oc1c(C3CCCCC3)cccc12. The number of rotatable bonds is 8. The summed E-state index contributed by atoms with van der Waals surface area (Å²) in [4.78, 5) is 5.12. The van der Waals surface area contributed by atoms with E-state index in [2.05, 4.69) is 277 Å². The van der Waals surface area contributed by atoms with Crippen LogP contribution in [0, 0.1) is 13.8 Å². The predicted octanol–water partition coefficient (Wildman–Crippen LogP) is 25.2. The third-order valence-corrected chi connectivity index (χ3v) is 22.6. The molecule has 0 radical (unpaired) electrons. The third-order valence-electron chi connectivity index (χ3n) is 22.6. The quantitative estimate of drug-likeness (QED) is 0.152. The molecule has 5 heteroatoms. The maximum atomic E-state index is 7.54. The van der Waals surface area contributed by atoms with Crippen molar-refractivity contribution in [2.24, 2.45) is 0 Å². The highest BCUT2D eigenvalue weighted by molar-refractivity contribution is 6.22. The van der Waals surface area contributed by atoms with Gasteiger partial charge in [-0.2, -0.15) is 0 Å². The zero-order valence-electron chi connectivity index (χ0n) is 53.1. The Morgan fingerprint density at radius 3 is 1.24 bits per heavy atom. The number of aromatic nitrogens is 1. The minimum atomic E-state index is -0.877. The lowest BCUT2D eigenvalue weighted by atomic mass is 9.65. The number of aryl methyl sites for hydroxylation is 2. The summed E-state index contributed by atoms with van der Waals surface area (Å²) in [5.41, 5.74) is 25.6. The summed E-state index contributed by atoms with van der Waals surface area (Å²) in [5, 5.41) is 11.9. The minimum Gasteiger partial charge on any atom is -0.454 e. The van der Waals surface area contributed by atoms with E-state index in [0.29, 0.717) is 11.8 Å². The molecule has 0 saturated heterocycles. The van der Waals surface area contributed by atoms with E-state index in [9.17, 15) is 0 Å². The minimum absolute atomic E-state index is 0.479. The van der Waals surface area contributed by atoms with Gasteiger partial charge in [-0.1, -0.05) is 239 Å². The van der Waals surface area contributed by atoms with E-state index < -0.39 is 5.41 Å². The second-order valence-electron chi connectivity index (χ2n) is 27.4. The summed E-state index contributed by atoms with van der Waals surface area (Å²) in [5.74, 6) is 0.958. The largest absolute Gasteiger partial charge is 0.454 e. The van der Waals surface area contributed by atoms with Crippen molar-refractivity contribution in [1.29, 1.82) is 0 Å². The molecule has 1 spiro atoms. The third kappa shape index (κ3) is 7.47. The van der Waals surface area contributed by atoms with Gasteiger partial charge in [0.1, 0.15) is 11.2 Å². The Kier molecular flexibility index (Phi) is 11.9. The van der Waals surface area contributed by atoms with Crippen LogP contribution >= 0.6 is 0 Å². The molecule has 13 aromatic carbocycles. The molecule has 0 amide bonds. The Bertz CT molecular complexity index is 5570. The van der Waals surface area contributed by atoms with Crippen LogP contribution in [0.4, 0.5) is 34.1 Å². The van der Waals surface area contributed by atoms with Gasteiger partial charge in [-0.15, -0.1) is 0 Å². The van der Waals surface area contributed by atoms with Gasteiger partial charge < -0.3 is 23.2 Å². The van der Waals surface area contributed by atoms with E-state index >= 15 is 0 Å². The Hall–Kier alpha value is -10.6. The van der Waals surface area contributed by atoms with Gasteiger partial charge in [0.2, 0.25) is 0 Å². The molecular formula is C89H69N3O2. The number of hydrogen-bond acceptors (Lipinski definition) is 4. The van der Waals surface area contributed by atoms with Gasteiger partial charge in [0.05, 0.1) is 44.9 Å². The van der Waals surface area contributed by atoms with Crippen molar-refractivity contribution in [2.75, 3.05) is 9.80 Å². The molecule has 4 aliphatic rings. The highest BCUT2D eigenvalue weighted by atomic mass is 16.3. The van der Waals surface area contributed by atoms with Crippen molar-refractivity contribution >= 4 is 121 Å². The van der Waals surface area contributed by atoms with Crippen LogP contribution in [0.3, 0.4) is 0 Å². The van der Waals surface area contributed by atoms with Gasteiger partial charge >= 0.3 is 0 Å². The van der Waals surface area contributed by atoms with Crippen molar-refractivity contribution in [3.63, 3.8) is 0 Å². The Balaban J connectivity index is 0.930. The fraction of sp³-hybridized carbons (Fsp3) is 0.169. The van der Waals surface area contributed by atoms with Crippen LogP contribution in [0.1, 0.15) is 121 Å². The Morgan fingerprint density at radius 1 is 0.319 bits per heavy atom. The maximum absolute atomic E-state index is 7.54. The summed E-state index contributed by atoms with van der Waals surface area (Å²) in [6, 6.07) is 94.7. The predicted molar refractivity (Wildman–Crippen MR) is 392 cm³/mol. The Labute approximate surface area is 546 Å². The topological polar surface area (TPSA) is 37.7 Å². The van der Waals surface area contributed by atoms with E-state index in [0.717, 1.165) is 67.2 Å². The van der Waals surface area contributed by atoms with Crippen LogP contribution < -0.4 is 9.80 Å². The molecule has 0 atom stereocenters. The number of fused-ring (bicyclic) bond motifs is 22. The molecule has 0 bridgehead atoms. The number of para-hydroxylation sites is 9. The molecular weight excluding hydrogens is 1140 g/mol. The molecule has 2 fully saturated rings. The molecule has 2 saturated carbocycles. The highest BCUT2D eigenvalue weighted by Crippen LogP contribution is 2.66. The molecule has 1 aliphatic heterocycles. The summed E-state index contributed by atoms with van der Waals surface area (Å²) >= 11 is 0. The number of furan rings is 2. The van der Waals surface area contributed by atoms with E-state index in [1.54, 1.807) is 0 Å². The first-order valence-electron chi connectivity index (χ1n) is 34.4. The smallest absolute Gasteiger partial charge is 0.159 e. The summed E-state index contributed by atoms with van der Waals surface area (Å²) in [6.07, 6.45) is 12.4. The fourth-order valence-corrected chi connectivity index (χ4v) is 18.5. The first-order chi connectivity index (χ1) is 46.5. The van der Waals surface area contributed by atoms with Crippen LogP contribution in [0.15, 0.2) is 258 Å². The van der Waals surface area contributed by atoms with Crippen LogP contribution in [-0.2, 0) is 5.41 Å². The molecule has 94 heavy (non-hydrogen) atoms. The zero-order chi connectivity index (χ0) is 61.9. The summed E-state index contributed by atoms with van der Waals surface area (Å²) in [7, 11) is 0. The second-order valence-corrected chi connectivity index (χ2v) is 27.4. The maximum Gasteiger partial charge on any atom is 0.159 e. The zero-order valence-corrected chi connectivity index (χ0v) is 53.1. The van der Waals surface area contributed by atoms with E-state index in [1.165, 1.54) is 180 Å². The first kappa shape index (κ1) is 54.0. The van der Waals surface area contributed by atoms with Gasteiger partial charge in [0.25, 0.3) is 0 Å². The normalized spacial score (nSPS) is 15.3. The molecule has 3 aromatic heterocycles. The number of anilines is 6. The van der Waals surface area contributed by atoms with Crippen molar-refractivity contribution in [3.8, 4) is 16.8 Å². The molecule has 3 aliphatic carbocycles. The average molecular weight is 1210 g/mol. The molecule has 20 rings (SSSR count). The van der Waals surface area contributed by atoms with E-state index in [4.69, 9.17) is 8.83 Å². The van der Waals surface area contributed by atoms with Gasteiger partial charge in [-0.25, -0.2) is 0 Å². The molecule has 0 unspecified atom stereocenters. The van der Waals surface area contributed by atoms with E-state index in [-0.39, 0.29) is 0 Å². The van der Waals surface area contributed by atoms with Crippen molar-refractivity contribution in [2.45, 2.75) is 95.3 Å². The number of benzene rings is 13. The first-order valence-corrected chi connectivity index (χ1v) is 34.4. The van der Waals surface area contributed by atoms with Crippen LogP contribution in [0.2, 0.25) is 0 Å². The monoisotopic (exact) mass is 1210 g/mol. The molecule has 0 N–H and O–H groups in total. The summed E-state index contributed by atoms with van der Waals surface area (Å²) < 4.78 is 17.7. The van der Waals surface area contributed by atoms with Crippen molar-refractivity contribution in [3.05, 3.63) is 293 Å². The lowest BCUT2D eigenvalue weighted by molar-refractivity contribution is 0.442. The van der Waals surface area contributed by atoms with E-state index in [1.807, 2.05) is 0 Å². The standard InChI is InChI=1S/C89H69N3O2/c1-54-26-9-17-46-74(54)90(78-50-24-42-68-66-40-21-37-58(85(66)93-87(68)78)56-28-5-3-6-29-56)80-52-72-82(63-35-13-11-32-60(63)80)83-64-36-14-12-33-61(64)81(53-73(83)89(72)70-44-16-20-49-77(70)92-76-48-19-15-34-62(76)65-39-23-45-71(89)84(65)92)91(75-47-18-10-27-55(75)2)79-51-25-43-69-67-41-22-38-59(86(67)94-88(69)79)57-30-7-4-8-31-57/h9-27,32-53,56-57H,3-8,28-31H2,1-2H3. The van der Waals surface area contributed by atoms with Crippen LogP contribution in [-0.4, -0.2) is 4.57 Å². The lowest BCUT2D eigenvalue weighted by Crippen LogP contribution is -2.34. The van der Waals surface area contributed by atoms with Gasteiger partial charge in [0.15, 0.2) is 11.2 Å². The van der Waals surface area contributed by atoms with Gasteiger partial charge in [0, 0.05) is 54.5 Å². The molecule has 452 valence electrons. The number of hydrogen-bond donors (Lipinski definition) is 0. The van der Waals surface area contributed by atoms with Gasteiger partial charge in [-0.3, -0.25) is 0 Å². The molecule has 4 heterocycles. The Morgan fingerprint density at radius 2 is 0.713 bits per heavy atom. The average Bonchev–Trinajstić information content (AvgIpc) is 1.52. The molecule has 16 aromatic rings. The second kappa shape index (κ2) is 20.7. The van der Waals surface area contributed by atoms with Crippen LogP contribution in [0.5, 0.6) is 0 Å². The summed E-state index contributed by atoms with van der Waals surface area (Å²) in [6.45, 7) is 4.53. The van der Waals surface area contributed by atoms with Crippen LogP contribution in [0.25, 0.3) is 104 Å². The van der Waals surface area contributed by atoms with Gasteiger partial charge in [-0.05, 0) is 166 Å². The molecule has 5 nitrogen and oxygen atoms in total. The highest BCUT2D eigenvalue weighted by Gasteiger charge is 2.53.